The van der Waals surface area contributed by atoms with Crippen LogP contribution in [0.15, 0.2) is 35.3 Å². The highest BCUT2D eigenvalue weighted by molar-refractivity contribution is 7.78. The van der Waals surface area contributed by atoms with Gasteiger partial charge in [-0.2, -0.15) is 4.99 Å². The molecule has 0 spiro atoms. The maximum Gasteiger partial charge on any atom is 0.150 e. The van der Waals surface area contributed by atoms with Crippen molar-refractivity contribution in [3.63, 3.8) is 0 Å². The summed E-state index contributed by atoms with van der Waals surface area (Å²) in [7, 11) is 0. The molecule has 4 heteroatoms. The van der Waals surface area contributed by atoms with Gasteiger partial charge in [-0.1, -0.05) is 11.8 Å². The van der Waals surface area contributed by atoms with Gasteiger partial charge in [0.15, 0.2) is 5.82 Å². The Bertz CT molecular complexity index is 772. The molecule has 21 heavy (non-hydrogen) atoms. The van der Waals surface area contributed by atoms with Crippen LogP contribution in [0.1, 0.15) is 28.2 Å². The minimum absolute atomic E-state index is 0.193. The van der Waals surface area contributed by atoms with E-state index in [0.717, 1.165) is 10.8 Å². The van der Waals surface area contributed by atoms with Crippen LogP contribution in [0.5, 0.6) is 0 Å². The number of rotatable bonds is 3. The van der Waals surface area contributed by atoms with Gasteiger partial charge in [0.05, 0.1) is 10.0 Å². The summed E-state index contributed by atoms with van der Waals surface area (Å²) in [6.45, 7) is 0. The van der Waals surface area contributed by atoms with Crippen molar-refractivity contribution in [2.75, 3.05) is 0 Å². The predicted octanol–water partition coefficient (Wildman–Crippen LogP) is 4.97. The lowest BCUT2D eigenvalue weighted by molar-refractivity contribution is 0.629. The molecule has 1 aromatic heterocycles. The van der Waals surface area contributed by atoms with Gasteiger partial charge in [0.25, 0.3) is 0 Å². The number of halogens is 1. The fourth-order valence-corrected chi connectivity index (χ4v) is 3.09. The first-order valence-electron chi connectivity index (χ1n) is 6.73. The number of hydrogen-bond donors (Lipinski definition) is 0. The van der Waals surface area contributed by atoms with Crippen molar-refractivity contribution < 1.29 is 4.39 Å². The lowest BCUT2D eigenvalue weighted by atomic mass is 10.2. The summed E-state index contributed by atoms with van der Waals surface area (Å²) in [5.74, 6) is 6.53. The molecule has 0 unspecified atom stereocenters. The summed E-state index contributed by atoms with van der Waals surface area (Å²) in [5, 5.41) is 2.16. The van der Waals surface area contributed by atoms with E-state index in [1.54, 1.807) is 23.5 Å². The zero-order valence-electron chi connectivity index (χ0n) is 11.2. The smallest absolute Gasteiger partial charge is 0.150 e. The molecule has 104 valence electrons. The topological polar surface area (TPSA) is 12.4 Å². The molecule has 1 heterocycles. The van der Waals surface area contributed by atoms with Crippen LogP contribution < -0.4 is 0 Å². The van der Waals surface area contributed by atoms with Crippen LogP contribution in [0.4, 0.5) is 10.1 Å². The highest BCUT2D eigenvalue weighted by Gasteiger charge is 2.21. The van der Waals surface area contributed by atoms with E-state index in [4.69, 9.17) is 0 Å². The van der Waals surface area contributed by atoms with Crippen LogP contribution in [0.3, 0.4) is 0 Å². The highest BCUT2D eigenvalue weighted by Crippen LogP contribution is 2.34. The van der Waals surface area contributed by atoms with E-state index in [1.807, 2.05) is 6.07 Å². The molecule has 0 aliphatic heterocycles. The van der Waals surface area contributed by atoms with E-state index in [9.17, 15) is 4.39 Å². The van der Waals surface area contributed by atoms with Crippen LogP contribution in [0.25, 0.3) is 0 Å². The van der Waals surface area contributed by atoms with Gasteiger partial charge in [0, 0.05) is 10.4 Å². The van der Waals surface area contributed by atoms with Crippen molar-refractivity contribution >= 4 is 34.4 Å². The molecule has 0 bridgehead atoms. The van der Waals surface area contributed by atoms with Crippen molar-refractivity contribution in [1.29, 1.82) is 0 Å². The quantitative estimate of drug-likeness (QED) is 0.442. The maximum absolute atomic E-state index is 13.7. The number of nitrogens with zero attached hydrogens (tertiary/aromatic N) is 1. The van der Waals surface area contributed by atoms with Gasteiger partial charge in [-0.3, -0.25) is 0 Å². The Kier molecular flexibility index (Phi) is 4.26. The summed E-state index contributed by atoms with van der Waals surface area (Å²) in [4.78, 5) is 6.05. The van der Waals surface area contributed by atoms with Crippen molar-refractivity contribution in [1.82, 2.24) is 0 Å². The van der Waals surface area contributed by atoms with Crippen LogP contribution in [-0.2, 0) is 6.42 Å². The average molecular weight is 313 g/mol. The summed E-state index contributed by atoms with van der Waals surface area (Å²) < 4.78 is 13.7. The second-order valence-corrected chi connectivity index (χ2v) is 6.38. The fraction of sp³-hybridized carbons (Fsp3) is 0.235. The monoisotopic (exact) mass is 313 g/mol. The Morgan fingerprint density at radius 3 is 2.81 bits per heavy atom. The SMILES string of the molecule is Fc1cc(C#Cc2ccc(CC3CC3)s2)ccc1N=C=S. The molecule has 3 rings (SSSR count). The molecule has 1 aliphatic carbocycles. The third kappa shape index (κ3) is 3.86. The third-order valence-electron chi connectivity index (χ3n) is 3.29. The van der Waals surface area contributed by atoms with E-state index in [2.05, 4.69) is 40.3 Å². The minimum Gasteiger partial charge on any atom is -0.205 e. The lowest BCUT2D eigenvalue weighted by Gasteiger charge is -1.95. The Balaban J connectivity index is 1.75. The van der Waals surface area contributed by atoms with Crippen LogP contribution in [0.2, 0.25) is 0 Å². The Morgan fingerprint density at radius 1 is 1.24 bits per heavy atom. The molecule has 1 nitrogen and oxygen atoms in total. The molecule has 2 aromatic rings. The molecule has 0 atom stereocenters. The Labute approximate surface area is 132 Å². The molecule has 0 amide bonds. The van der Waals surface area contributed by atoms with E-state index in [-0.39, 0.29) is 5.69 Å². The first-order valence-corrected chi connectivity index (χ1v) is 7.95. The summed E-state index contributed by atoms with van der Waals surface area (Å²) in [5.41, 5.74) is 0.825. The van der Waals surface area contributed by atoms with Crippen molar-refractivity contribution in [3.8, 4) is 11.8 Å². The van der Waals surface area contributed by atoms with Crippen molar-refractivity contribution in [2.24, 2.45) is 10.9 Å². The highest BCUT2D eigenvalue weighted by atomic mass is 32.1. The second-order valence-electron chi connectivity index (χ2n) is 5.03. The van der Waals surface area contributed by atoms with E-state index >= 15 is 0 Å². The van der Waals surface area contributed by atoms with Gasteiger partial charge >= 0.3 is 0 Å². The Morgan fingerprint density at radius 2 is 2.10 bits per heavy atom. The third-order valence-corrected chi connectivity index (χ3v) is 4.41. The van der Waals surface area contributed by atoms with Gasteiger partial charge in [0.1, 0.15) is 5.69 Å². The predicted molar refractivity (Wildman–Crippen MR) is 87.8 cm³/mol. The number of thiophene rings is 1. The van der Waals surface area contributed by atoms with Crippen molar-refractivity contribution in [3.05, 3.63) is 51.5 Å². The molecule has 1 aliphatic rings. The molecule has 0 saturated heterocycles. The summed E-state index contributed by atoms with van der Waals surface area (Å²) in [6.07, 6.45) is 3.88. The Hall–Kier alpha value is -1.79. The second kappa shape index (κ2) is 6.32. The van der Waals surface area contributed by atoms with E-state index in [0.29, 0.717) is 5.56 Å². The largest absolute Gasteiger partial charge is 0.205 e. The normalized spacial score (nSPS) is 13.2. The number of thiocarbonyl (C=S) groups is 1. The molecule has 1 aromatic carbocycles. The number of isothiocyanates is 1. The summed E-state index contributed by atoms with van der Waals surface area (Å²) >= 11 is 6.19. The first kappa shape index (κ1) is 14.2. The fourth-order valence-electron chi connectivity index (χ4n) is 2.02. The molecular formula is C17H12FNS2. The zero-order chi connectivity index (χ0) is 14.7. The molecule has 1 fully saturated rings. The van der Waals surface area contributed by atoms with Crippen LogP contribution in [0, 0.1) is 23.6 Å². The van der Waals surface area contributed by atoms with Gasteiger partial charge < -0.3 is 0 Å². The molecule has 0 radical (unpaired) electrons. The summed E-state index contributed by atoms with van der Waals surface area (Å²) in [6, 6.07) is 8.85. The molecule has 1 saturated carbocycles. The van der Waals surface area contributed by atoms with Gasteiger partial charge in [0.2, 0.25) is 0 Å². The first-order chi connectivity index (χ1) is 10.2. The van der Waals surface area contributed by atoms with E-state index in [1.165, 1.54) is 30.2 Å². The number of hydrogen-bond acceptors (Lipinski definition) is 3. The number of aliphatic imine (C=N–C) groups is 1. The lowest BCUT2D eigenvalue weighted by Crippen LogP contribution is -1.80. The van der Waals surface area contributed by atoms with Crippen molar-refractivity contribution in [2.45, 2.75) is 19.3 Å². The standard InChI is InChI=1S/C17H12FNS2/c18-16-10-13(4-8-17(16)19-11-20)3-5-14-6-7-15(21-14)9-12-1-2-12/h4,6-8,10,12H,1-2,9H2. The van der Waals surface area contributed by atoms with E-state index < -0.39 is 5.82 Å². The van der Waals surface area contributed by atoms with Gasteiger partial charge in [-0.05, 0) is 67.7 Å². The number of benzene rings is 1. The molecule has 0 N–H and O–H groups in total. The minimum atomic E-state index is -0.431. The van der Waals surface area contributed by atoms with Gasteiger partial charge in [-0.25, -0.2) is 4.39 Å². The zero-order valence-corrected chi connectivity index (χ0v) is 12.9. The van der Waals surface area contributed by atoms with Gasteiger partial charge in [-0.15, -0.1) is 11.3 Å². The molecular weight excluding hydrogens is 301 g/mol. The van der Waals surface area contributed by atoms with Crippen LogP contribution in [-0.4, -0.2) is 5.16 Å². The maximum atomic E-state index is 13.7. The average Bonchev–Trinajstić information content (AvgIpc) is 3.17. The van der Waals surface area contributed by atoms with Crippen LogP contribution >= 0.6 is 23.6 Å².